The van der Waals surface area contributed by atoms with E-state index in [9.17, 15) is 0 Å². The summed E-state index contributed by atoms with van der Waals surface area (Å²) in [5.74, 6) is 1.51. The second-order valence-corrected chi connectivity index (χ2v) is 6.18. The summed E-state index contributed by atoms with van der Waals surface area (Å²) in [7, 11) is 0. The molecular weight excluding hydrogens is 308 g/mol. The lowest BCUT2D eigenvalue weighted by atomic mass is 10.3. The molecule has 2 N–H and O–H groups in total. The normalized spacial score (nSPS) is 11.5. The van der Waals surface area contributed by atoms with Crippen molar-refractivity contribution in [2.24, 2.45) is 5.16 Å². The summed E-state index contributed by atoms with van der Waals surface area (Å²) in [4.78, 5) is 10.8. The summed E-state index contributed by atoms with van der Waals surface area (Å²) in [6, 6.07) is 13.6. The molecule has 0 aliphatic heterocycles. The highest BCUT2D eigenvalue weighted by molar-refractivity contribution is 7.17. The summed E-state index contributed by atoms with van der Waals surface area (Å²) in [5.41, 5.74) is 2.60. The summed E-state index contributed by atoms with van der Waals surface area (Å²) < 4.78 is 0. The van der Waals surface area contributed by atoms with Crippen LogP contribution in [0.2, 0.25) is 0 Å². The van der Waals surface area contributed by atoms with E-state index in [2.05, 4.69) is 20.4 Å². The van der Waals surface area contributed by atoms with Gasteiger partial charge in [-0.2, -0.15) is 0 Å². The molecule has 0 atom stereocenters. The van der Waals surface area contributed by atoms with Gasteiger partial charge in [-0.05, 0) is 55.8 Å². The number of rotatable bonds is 4. The van der Waals surface area contributed by atoms with Gasteiger partial charge in [0.1, 0.15) is 11.6 Å². The number of anilines is 2. The molecule has 0 bridgehead atoms. The summed E-state index contributed by atoms with van der Waals surface area (Å²) in [6.07, 6.45) is 1.77. The van der Waals surface area contributed by atoms with Gasteiger partial charge < -0.3 is 10.5 Å². The zero-order valence-corrected chi connectivity index (χ0v) is 13.6. The molecule has 0 aromatic carbocycles. The van der Waals surface area contributed by atoms with E-state index >= 15 is 0 Å². The molecule has 0 saturated carbocycles. The van der Waals surface area contributed by atoms with E-state index in [0.29, 0.717) is 5.71 Å². The van der Waals surface area contributed by atoms with Crippen LogP contribution in [-0.2, 0) is 0 Å². The number of aryl methyl sites for hydroxylation is 1. The largest absolute Gasteiger partial charge is 0.411 e. The summed E-state index contributed by atoms with van der Waals surface area (Å²) >= 11 is 1.54. The zero-order chi connectivity index (χ0) is 16.2. The first-order valence-electron chi connectivity index (χ1n) is 7.11. The van der Waals surface area contributed by atoms with Crippen molar-refractivity contribution in [1.29, 1.82) is 0 Å². The minimum atomic E-state index is 0.597. The number of aromatic nitrogens is 2. The minimum absolute atomic E-state index is 0.597. The fraction of sp³-hybridized carbons (Fsp3) is 0.118. The maximum absolute atomic E-state index is 8.86. The van der Waals surface area contributed by atoms with Crippen LogP contribution in [-0.4, -0.2) is 20.9 Å². The second-order valence-electron chi connectivity index (χ2n) is 5.10. The van der Waals surface area contributed by atoms with Crippen LogP contribution in [0.15, 0.2) is 53.8 Å². The van der Waals surface area contributed by atoms with Gasteiger partial charge in [-0.25, -0.2) is 9.97 Å². The van der Waals surface area contributed by atoms with Crippen molar-refractivity contribution in [2.75, 3.05) is 5.32 Å². The SMILES string of the molecule is C/C(=N\O)c1ccc(-c2cccc(Nc3cc(C)ccn3)n2)s1. The molecule has 3 aromatic rings. The first-order chi connectivity index (χ1) is 11.2. The smallest absolute Gasteiger partial charge is 0.132 e. The second kappa shape index (κ2) is 6.58. The number of hydrogen-bond acceptors (Lipinski definition) is 6. The van der Waals surface area contributed by atoms with Crippen LogP contribution < -0.4 is 5.32 Å². The van der Waals surface area contributed by atoms with Gasteiger partial charge in [0.2, 0.25) is 0 Å². The molecule has 3 aromatic heterocycles. The average molecular weight is 324 g/mol. The number of nitrogens with zero attached hydrogens (tertiary/aromatic N) is 3. The Morgan fingerprint density at radius 2 is 2.04 bits per heavy atom. The van der Waals surface area contributed by atoms with Crippen LogP contribution in [0.1, 0.15) is 17.4 Å². The van der Waals surface area contributed by atoms with E-state index < -0.39 is 0 Å². The topological polar surface area (TPSA) is 70.4 Å². The third-order valence-corrected chi connectivity index (χ3v) is 4.50. The molecule has 0 radical (unpaired) electrons. The lowest BCUT2D eigenvalue weighted by Crippen LogP contribution is -1.96. The molecule has 6 heteroatoms. The fourth-order valence-corrected chi connectivity index (χ4v) is 3.01. The molecule has 0 fully saturated rings. The average Bonchev–Trinajstić information content (AvgIpc) is 3.04. The molecule has 5 nitrogen and oxygen atoms in total. The van der Waals surface area contributed by atoms with E-state index in [1.54, 1.807) is 13.1 Å². The van der Waals surface area contributed by atoms with E-state index in [1.165, 1.54) is 11.3 Å². The molecule has 116 valence electrons. The van der Waals surface area contributed by atoms with Crippen LogP contribution in [0, 0.1) is 6.92 Å². The van der Waals surface area contributed by atoms with Crippen LogP contribution >= 0.6 is 11.3 Å². The molecular formula is C17H16N4OS. The quantitative estimate of drug-likeness (QED) is 0.422. The third-order valence-electron chi connectivity index (χ3n) is 3.29. The van der Waals surface area contributed by atoms with Gasteiger partial charge in [-0.3, -0.25) is 0 Å². The van der Waals surface area contributed by atoms with E-state index in [0.717, 1.165) is 32.6 Å². The van der Waals surface area contributed by atoms with E-state index in [1.807, 2.05) is 49.4 Å². The number of hydrogen-bond donors (Lipinski definition) is 2. The van der Waals surface area contributed by atoms with E-state index in [-0.39, 0.29) is 0 Å². The highest BCUT2D eigenvalue weighted by atomic mass is 32.1. The fourth-order valence-electron chi connectivity index (χ4n) is 2.10. The van der Waals surface area contributed by atoms with Gasteiger partial charge in [0.15, 0.2) is 0 Å². The van der Waals surface area contributed by atoms with E-state index in [4.69, 9.17) is 5.21 Å². The molecule has 0 aliphatic carbocycles. The van der Waals surface area contributed by atoms with Gasteiger partial charge in [0.05, 0.1) is 21.2 Å². The number of oxime groups is 1. The Balaban J connectivity index is 1.86. The van der Waals surface area contributed by atoms with Crippen molar-refractivity contribution in [3.8, 4) is 10.6 Å². The predicted octanol–water partition coefficient (Wildman–Crippen LogP) is 4.46. The molecule has 0 saturated heterocycles. The highest BCUT2D eigenvalue weighted by Gasteiger charge is 2.08. The number of thiophene rings is 1. The lowest BCUT2D eigenvalue weighted by Gasteiger charge is -2.06. The Hall–Kier alpha value is -2.73. The van der Waals surface area contributed by atoms with Gasteiger partial charge in [0, 0.05) is 6.20 Å². The van der Waals surface area contributed by atoms with Gasteiger partial charge in [0.25, 0.3) is 0 Å². The Morgan fingerprint density at radius 3 is 2.83 bits per heavy atom. The first kappa shape index (κ1) is 15.2. The Bertz CT molecular complexity index is 857. The third kappa shape index (κ3) is 3.54. The molecule has 0 amide bonds. The maximum atomic E-state index is 8.86. The number of nitrogens with one attached hydrogen (secondary N) is 1. The van der Waals surface area contributed by atoms with Gasteiger partial charge >= 0.3 is 0 Å². The molecule has 0 unspecified atom stereocenters. The minimum Gasteiger partial charge on any atom is -0.411 e. The van der Waals surface area contributed by atoms with Crippen molar-refractivity contribution in [3.05, 3.63) is 59.1 Å². The number of pyridine rings is 2. The standard InChI is InChI=1S/C17H16N4OS/c1-11-8-9-18-17(10-11)20-16-5-3-4-13(19-16)15-7-6-14(23-15)12(2)21-22/h3-10,22H,1-2H3,(H,18,19,20)/b21-12+. The highest BCUT2D eigenvalue weighted by Crippen LogP contribution is 2.28. The van der Waals surface area contributed by atoms with Gasteiger partial charge in [-0.1, -0.05) is 11.2 Å². The predicted molar refractivity (Wildman–Crippen MR) is 93.8 cm³/mol. The van der Waals surface area contributed by atoms with Crippen LogP contribution in [0.3, 0.4) is 0 Å². The molecule has 0 spiro atoms. The Kier molecular flexibility index (Phi) is 4.34. The zero-order valence-electron chi connectivity index (χ0n) is 12.8. The van der Waals surface area contributed by atoms with Crippen molar-refractivity contribution >= 4 is 28.7 Å². The monoisotopic (exact) mass is 324 g/mol. The Morgan fingerprint density at radius 1 is 1.17 bits per heavy atom. The van der Waals surface area contributed by atoms with Crippen LogP contribution in [0.25, 0.3) is 10.6 Å². The maximum Gasteiger partial charge on any atom is 0.132 e. The van der Waals surface area contributed by atoms with Crippen LogP contribution in [0.5, 0.6) is 0 Å². The Labute approximate surface area is 138 Å². The van der Waals surface area contributed by atoms with Crippen molar-refractivity contribution in [2.45, 2.75) is 13.8 Å². The molecule has 0 aliphatic rings. The first-order valence-corrected chi connectivity index (χ1v) is 7.93. The summed E-state index contributed by atoms with van der Waals surface area (Å²) in [6.45, 7) is 3.79. The van der Waals surface area contributed by atoms with Crippen LogP contribution in [0.4, 0.5) is 11.6 Å². The molecule has 3 rings (SSSR count). The van der Waals surface area contributed by atoms with Crippen molar-refractivity contribution in [1.82, 2.24) is 9.97 Å². The molecule has 23 heavy (non-hydrogen) atoms. The summed E-state index contributed by atoms with van der Waals surface area (Å²) in [5, 5.41) is 15.3. The lowest BCUT2D eigenvalue weighted by molar-refractivity contribution is 0.319. The van der Waals surface area contributed by atoms with Crippen molar-refractivity contribution < 1.29 is 5.21 Å². The van der Waals surface area contributed by atoms with Crippen molar-refractivity contribution in [3.63, 3.8) is 0 Å². The van der Waals surface area contributed by atoms with Gasteiger partial charge in [-0.15, -0.1) is 11.3 Å². The molecule has 3 heterocycles.